The van der Waals surface area contributed by atoms with E-state index in [2.05, 4.69) is 50.2 Å². The molecule has 5 nitrogen and oxygen atoms in total. The molecule has 0 aromatic heterocycles. The second-order valence-corrected chi connectivity index (χ2v) is 9.73. The summed E-state index contributed by atoms with van der Waals surface area (Å²) in [5, 5.41) is 0. The van der Waals surface area contributed by atoms with E-state index in [0.29, 0.717) is 5.56 Å². The predicted molar refractivity (Wildman–Crippen MR) is 109 cm³/mol. The third-order valence-electron chi connectivity index (χ3n) is 5.38. The molecule has 0 bridgehead atoms. The van der Waals surface area contributed by atoms with Crippen molar-refractivity contribution >= 4 is 15.8 Å². The number of quaternary nitrogens is 1. The first-order valence-electron chi connectivity index (χ1n) is 9.27. The Hall–Kier alpha value is -1.89. The molecule has 27 heavy (non-hydrogen) atoms. The van der Waals surface area contributed by atoms with Crippen molar-refractivity contribution in [3.8, 4) is 0 Å². The number of hydrogen-bond acceptors (Lipinski definition) is 3. The van der Waals surface area contributed by atoms with Crippen molar-refractivity contribution < 1.29 is 17.5 Å². The molecule has 1 unspecified atom stereocenters. The quantitative estimate of drug-likeness (QED) is 0.647. The number of anilines is 1. The van der Waals surface area contributed by atoms with Crippen molar-refractivity contribution in [3.05, 3.63) is 59.2 Å². The topological polar surface area (TPSA) is 57.6 Å². The van der Waals surface area contributed by atoms with E-state index in [9.17, 15) is 13.0 Å². The van der Waals surface area contributed by atoms with Gasteiger partial charge in [-0.05, 0) is 43.2 Å². The van der Waals surface area contributed by atoms with Crippen LogP contribution in [0.1, 0.15) is 22.6 Å². The van der Waals surface area contributed by atoms with Crippen molar-refractivity contribution in [1.29, 1.82) is 0 Å². The Bertz CT molecular complexity index is 938. The van der Waals surface area contributed by atoms with Crippen molar-refractivity contribution in [2.24, 2.45) is 0 Å². The molecule has 0 amide bonds. The molecule has 1 N–H and O–H groups in total. The molecule has 1 saturated heterocycles. The van der Waals surface area contributed by atoms with E-state index in [0.717, 1.165) is 41.9 Å². The number of benzene rings is 2. The van der Waals surface area contributed by atoms with E-state index in [1.807, 2.05) is 13.0 Å². The lowest BCUT2D eigenvalue weighted by atomic mass is 9.95. The van der Waals surface area contributed by atoms with Crippen LogP contribution in [0.25, 0.3) is 0 Å². The van der Waals surface area contributed by atoms with Gasteiger partial charge in [-0.3, -0.25) is 4.55 Å². The fraction of sp³-hybridized carbons (Fsp3) is 0.429. The zero-order valence-corrected chi connectivity index (χ0v) is 17.3. The highest BCUT2D eigenvalue weighted by atomic mass is 32.2. The number of hydrogen-bond donors (Lipinski definition) is 1. The van der Waals surface area contributed by atoms with E-state index in [4.69, 9.17) is 0 Å². The zero-order chi connectivity index (χ0) is 19.8. The Kier molecular flexibility index (Phi) is 5.34. The van der Waals surface area contributed by atoms with Gasteiger partial charge in [0.15, 0.2) is 0 Å². The van der Waals surface area contributed by atoms with Crippen LogP contribution in [0, 0.1) is 13.8 Å². The van der Waals surface area contributed by atoms with Crippen LogP contribution in [0.4, 0.5) is 5.69 Å². The summed E-state index contributed by atoms with van der Waals surface area (Å²) in [5.74, 6) is -0.000151. The van der Waals surface area contributed by atoms with Crippen LogP contribution in [0.15, 0.2) is 47.4 Å². The van der Waals surface area contributed by atoms with Crippen molar-refractivity contribution in [2.45, 2.75) is 24.7 Å². The van der Waals surface area contributed by atoms with Crippen LogP contribution in [0.5, 0.6) is 0 Å². The molecule has 0 spiro atoms. The molecule has 1 fully saturated rings. The van der Waals surface area contributed by atoms with Gasteiger partial charge in [-0.2, -0.15) is 8.42 Å². The highest BCUT2D eigenvalue weighted by molar-refractivity contribution is 7.85. The standard InChI is InChI=1S/C21H28N2O3S/c1-16-6-5-7-19(12-16)22-10-11-23(3,4)15-18(14-22)20-13-17(2)8-9-21(20)27(24,25)26/h5-9,12-13,18H,10-11,14-15H2,1-4H3/p+1. The summed E-state index contributed by atoms with van der Waals surface area (Å²) in [6.07, 6.45) is 0. The zero-order valence-electron chi connectivity index (χ0n) is 16.5. The van der Waals surface area contributed by atoms with Gasteiger partial charge in [0.1, 0.15) is 0 Å². The Labute approximate surface area is 162 Å². The normalized spacial score (nSPS) is 20.3. The minimum Gasteiger partial charge on any atom is -0.365 e. The van der Waals surface area contributed by atoms with Crippen LogP contribution < -0.4 is 4.90 Å². The maximum atomic E-state index is 12.0. The number of aryl methyl sites for hydroxylation is 2. The summed E-state index contributed by atoms with van der Waals surface area (Å²) < 4.78 is 34.5. The summed E-state index contributed by atoms with van der Waals surface area (Å²) >= 11 is 0. The largest absolute Gasteiger partial charge is 0.365 e. The maximum Gasteiger partial charge on any atom is 0.294 e. The summed E-state index contributed by atoms with van der Waals surface area (Å²) in [6.45, 7) is 7.44. The molecule has 0 aliphatic carbocycles. The SMILES string of the molecule is Cc1cccc(N2CC[N+](C)(C)CC(c3cc(C)ccc3S(=O)(=O)O)C2)c1. The molecule has 2 aromatic carbocycles. The second kappa shape index (κ2) is 7.26. The monoisotopic (exact) mass is 389 g/mol. The van der Waals surface area contributed by atoms with Gasteiger partial charge < -0.3 is 9.38 Å². The molecule has 1 atom stereocenters. The minimum absolute atomic E-state index is 0.000151. The first-order chi connectivity index (χ1) is 12.5. The van der Waals surface area contributed by atoms with E-state index >= 15 is 0 Å². The summed E-state index contributed by atoms with van der Waals surface area (Å²) in [4.78, 5) is 2.37. The van der Waals surface area contributed by atoms with Crippen molar-refractivity contribution in [3.63, 3.8) is 0 Å². The van der Waals surface area contributed by atoms with Crippen LogP contribution in [-0.4, -0.2) is 57.7 Å². The maximum absolute atomic E-state index is 12.0. The third kappa shape index (κ3) is 4.69. The fourth-order valence-electron chi connectivity index (χ4n) is 3.97. The lowest BCUT2D eigenvalue weighted by Gasteiger charge is -2.31. The molecule has 6 heteroatoms. The molecule has 2 aromatic rings. The van der Waals surface area contributed by atoms with Gasteiger partial charge in [-0.25, -0.2) is 0 Å². The third-order valence-corrected chi connectivity index (χ3v) is 6.31. The van der Waals surface area contributed by atoms with Gasteiger partial charge in [0.25, 0.3) is 10.1 Å². The van der Waals surface area contributed by atoms with Crippen LogP contribution >= 0.6 is 0 Å². The Morgan fingerprint density at radius 2 is 1.78 bits per heavy atom. The molecule has 146 valence electrons. The second-order valence-electron chi connectivity index (χ2n) is 8.34. The van der Waals surface area contributed by atoms with Crippen LogP contribution in [-0.2, 0) is 10.1 Å². The average molecular weight is 390 g/mol. The van der Waals surface area contributed by atoms with Crippen LogP contribution in [0.3, 0.4) is 0 Å². The van der Waals surface area contributed by atoms with Gasteiger partial charge in [0, 0.05) is 12.2 Å². The van der Waals surface area contributed by atoms with Gasteiger partial charge >= 0.3 is 0 Å². The van der Waals surface area contributed by atoms with Crippen molar-refractivity contribution in [2.75, 3.05) is 45.2 Å². The molecule has 0 radical (unpaired) electrons. The summed E-state index contributed by atoms with van der Waals surface area (Å²) in [6, 6.07) is 13.6. The summed E-state index contributed by atoms with van der Waals surface area (Å²) in [7, 11) is 0.0895. The predicted octanol–water partition coefficient (Wildman–Crippen LogP) is 3.23. The Morgan fingerprint density at radius 1 is 1.07 bits per heavy atom. The van der Waals surface area contributed by atoms with Gasteiger partial charge in [-0.15, -0.1) is 0 Å². The molecule has 0 saturated carbocycles. The first-order valence-corrected chi connectivity index (χ1v) is 10.7. The van der Waals surface area contributed by atoms with E-state index < -0.39 is 10.1 Å². The van der Waals surface area contributed by atoms with Gasteiger partial charge in [0.05, 0.1) is 44.5 Å². The number of likely N-dealkylation sites (N-methyl/N-ethyl adjacent to an activating group) is 1. The molecule has 1 heterocycles. The van der Waals surface area contributed by atoms with Gasteiger partial charge in [0.2, 0.25) is 0 Å². The Balaban J connectivity index is 2.06. The molecule has 3 rings (SSSR count). The fourth-order valence-corrected chi connectivity index (χ4v) is 4.74. The lowest BCUT2D eigenvalue weighted by Crippen LogP contribution is -2.43. The molecular formula is C21H29N2O3S+. The van der Waals surface area contributed by atoms with Crippen molar-refractivity contribution in [1.82, 2.24) is 0 Å². The average Bonchev–Trinajstić information content (AvgIpc) is 2.72. The first kappa shape index (κ1) is 19.9. The molecule has 1 aliphatic heterocycles. The van der Waals surface area contributed by atoms with E-state index in [-0.39, 0.29) is 10.8 Å². The molecule has 1 aliphatic rings. The van der Waals surface area contributed by atoms with E-state index in [1.165, 1.54) is 11.6 Å². The smallest absolute Gasteiger partial charge is 0.294 e. The van der Waals surface area contributed by atoms with Gasteiger partial charge in [-0.1, -0.05) is 29.8 Å². The number of rotatable bonds is 3. The minimum atomic E-state index is -4.26. The van der Waals surface area contributed by atoms with Crippen LogP contribution in [0.2, 0.25) is 0 Å². The Morgan fingerprint density at radius 3 is 2.44 bits per heavy atom. The lowest BCUT2D eigenvalue weighted by molar-refractivity contribution is -0.889. The molecular weight excluding hydrogens is 360 g/mol. The van der Waals surface area contributed by atoms with E-state index in [1.54, 1.807) is 6.07 Å². The highest BCUT2D eigenvalue weighted by Crippen LogP contribution is 2.31. The highest BCUT2D eigenvalue weighted by Gasteiger charge is 2.33. The summed E-state index contributed by atoms with van der Waals surface area (Å²) in [5.41, 5.74) is 4.07. The number of nitrogens with zero attached hydrogens (tertiary/aromatic N) is 2.